The Labute approximate surface area is 199 Å². The summed E-state index contributed by atoms with van der Waals surface area (Å²) in [6.07, 6.45) is 0. The molecule has 3 rings (SSSR count). The Morgan fingerprint density at radius 3 is 2.27 bits per heavy atom. The van der Waals surface area contributed by atoms with Gasteiger partial charge < -0.3 is 10.2 Å². The van der Waals surface area contributed by atoms with Gasteiger partial charge >= 0.3 is 0 Å². The number of carbonyl (C=O) groups is 2. The average molecular weight is 488 g/mol. The number of halogens is 1. The second kappa shape index (κ2) is 10.3. The predicted molar refractivity (Wildman–Crippen MR) is 129 cm³/mol. The molecule has 0 spiro atoms. The molecule has 0 fully saturated rings. The fourth-order valence-electron chi connectivity index (χ4n) is 3.45. The van der Waals surface area contributed by atoms with E-state index in [9.17, 15) is 18.0 Å². The number of carbonyl (C=O) groups excluding carboxylic acids is 2. The predicted octanol–water partition coefficient (Wildman–Crippen LogP) is 3.28. The summed E-state index contributed by atoms with van der Waals surface area (Å²) in [4.78, 5) is 26.9. The number of hydrogen-bond acceptors (Lipinski definition) is 4. The molecule has 0 unspecified atom stereocenters. The van der Waals surface area contributed by atoms with Crippen LogP contribution >= 0.6 is 11.6 Å². The van der Waals surface area contributed by atoms with Gasteiger partial charge in [-0.25, -0.2) is 8.42 Å². The molecule has 0 aliphatic rings. The lowest BCUT2D eigenvalue weighted by atomic mass is 10.1. The van der Waals surface area contributed by atoms with E-state index in [1.165, 1.54) is 25.1 Å². The highest BCUT2D eigenvalue weighted by molar-refractivity contribution is 7.89. The van der Waals surface area contributed by atoms with Gasteiger partial charge in [0.1, 0.15) is 6.04 Å². The highest BCUT2D eigenvalue weighted by atomic mass is 35.5. The Kier molecular flexibility index (Phi) is 7.73. The Morgan fingerprint density at radius 1 is 1.00 bits per heavy atom. The number of nitrogens with one attached hydrogen (secondary N) is 1. The van der Waals surface area contributed by atoms with Crippen molar-refractivity contribution in [1.82, 2.24) is 14.5 Å². The number of rotatable bonds is 8. The van der Waals surface area contributed by atoms with Crippen LogP contribution in [0.2, 0.25) is 5.02 Å². The number of benzene rings is 3. The zero-order valence-electron chi connectivity index (χ0n) is 18.7. The number of amides is 2. The van der Waals surface area contributed by atoms with Crippen LogP contribution in [0.1, 0.15) is 12.5 Å². The fraction of sp³-hybridized carbons (Fsp3) is 0.250. The van der Waals surface area contributed by atoms with E-state index in [1.807, 2.05) is 24.3 Å². The smallest absolute Gasteiger partial charge is 0.243 e. The van der Waals surface area contributed by atoms with Crippen molar-refractivity contribution in [3.05, 3.63) is 77.3 Å². The van der Waals surface area contributed by atoms with Crippen molar-refractivity contribution in [3.8, 4) is 0 Å². The van der Waals surface area contributed by atoms with Gasteiger partial charge in [-0.05, 0) is 47.5 Å². The summed E-state index contributed by atoms with van der Waals surface area (Å²) in [6.45, 7) is 1.32. The third-order valence-corrected chi connectivity index (χ3v) is 7.52. The van der Waals surface area contributed by atoms with Crippen LogP contribution in [-0.4, -0.2) is 56.1 Å². The first-order valence-corrected chi connectivity index (χ1v) is 12.2. The molecule has 0 saturated carbocycles. The lowest BCUT2D eigenvalue weighted by Gasteiger charge is -2.30. The van der Waals surface area contributed by atoms with Crippen molar-refractivity contribution in [2.24, 2.45) is 0 Å². The molecule has 33 heavy (non-hydrogen) atoms. The zero-order valence-corrected chi connectivity index (χ0v) is 20.2. The largest absolute Gasteiger partial charge is 0.357 e. The van der Waals surface area contributed by atoms with Crippen LogP contribution in [0.3, 0.4) is 0 Å². The van der Waals surface area contributed by atoms with Crippen LogP contribution in [0.5, 0.6) is 0 Å². The molecule has 3 aromatic carbocycles. The summed E-state index contributed by atoms with van der Waals surface area (Å²) in [5.74, 6) is -0.842. The van der Waals surface area contributed by atoms with Crippen LogP contribution in [0, 0.1) is 0 Å². The molecule has 0 radical (unpaired) electrons. The lowest BCUT2D eigenvalue weighted by Crippen LogP contribution is -2.50. The van der Waals surface area contributed by atoms with E-state index in [0.717, 1.165) is 20.6 Å². The Hall–Kier alpha value is -2.94. The number of likely N-dealkylation sites (N-methyl/N-ethyl adjacent to an activating group) is 2. The SMILES string of the molecule is CNC(=O)[C@H](C)N(Cc1ccc(Cl)cc1)C(=O)CN(C)S(=O)(=O)c1ccc2ccccc2c1. The maximum atomic E-state index is 13.2. The molecule has 9 heteroatoms. The fourth-order valence-corrected chi connectivity index (χ4v) is 4.73. The molecule has 0 bridgehead atoms. The van der Waals surface area contributed by atoms with Crippen LogP contribution in [0.15, 0.2) is 71.6 Å². The van der Waals surface area contributed by atoms with E-state index in [1.54, 1.807) is 43.3 Å². The second-order valence-electron chi connectivity index (χ2n) is 7.71. The highest BCUT2D eigenvalue weighted by Gasteiger charge is 2.30. The Morgan fingerprint density at radius 2 is 1.64 bits per heavy atom. The summed E-state index contributed by atoms with van der Waals surface area (Å²) in [7, 11) is -1.08. The Bertz CT molecular complexity index is 1260. The van der Waals surface area contributed by atoms with Gasteiger partial charge in [0.2, 0.25) is 21.8 Å². The van der Waals surface area contributed by atoms with E-state index in [2.05, 4.69) is 5.32 Å². The molecule has 2 amide bonds. The number of sulfonamides is 1. The van der Waals surface area contributed by atoms with E-state index < -0.39 is 28.5 Å². The first-order chi connectivity index (χ1) is 15.6. The molecule has 7 nitrogen and oxygen atoms in total. The topological polar surface area (TPSA) is 86.8 Å². The molecule has 0 saturated heterocycles. The van der Waals surface area contributed by atoms with Crippen LogP contribution in [0.25, 0.3) is 10.8 Å². The number of nitrogens with zero attached hydrogens (tertiary/aromatic N) is 2. The summed E-state index contributed by atoms with van der Waals surface area (Å²) in [5.41, 5.74) is 0.767. The van der Waals surface area contributed by atoms with Gasteiger partial charge in [0.05, 0.1) is 11.4 Å². The molecule has 1 N–H and O–H groups in total. The minimum atomic E-state index is -3.92. The molecular weight excluding hydrogens is 462 g/mol. The van der Waals surface area contributed by atoms with Crippen LogP contribution in [-0.2, 0) is 26.2 Å². The average Bonchev–Trinajstić information content (AvgIpc) is 2.82. The standard InChI is InChI=1S/C24H26ClN3O4S/c1-17(24(30)26-2)28(15-18-8-11-21(25)12-9-18)23(29)16-27(3)33(31,32)22-13-10-19-6-4-5-7-20(19)14-22/h4-14,17H,15-16H2,1-3H3,(H,26,30)/t17-/m0/s1. The van der Waals surface area contributed by atoms with Gasteiger partial charge in [-0.1, -0.05) is 54.1 Å². The van der Waals surface area contributed by atoms with E-state index in [4.69, 9.17) is 11.6 Å². The Balaban J connectivity index is 1.84. The summed E-state index contributed by atoms with van der Waals surface area (Å²) in [6, 6.07) is 18.4. The summed E-state index contributed by atoms with van der Waals surface area (Å²) in [5, 5.41) is 4.80. The van der Waals surface area contributed by atoms with Crippen molar-refractivity contribution >= 4 is 44.2 Å². The lowest BCUT2D eigenvalue weighted by molar-refractivity contribution is -0.140. The van der Waals surface area contributed by atoms with Crippen molar-refractivity contribution in [2.75, 3.05) is 20.6 Å². The van der Waals surface area contributed by atoms with Gasteiger partial charge in [-0.3, -0.25) is 9.59 Å². The molecular formula is C24H26ClN3O4S. The molecule has 174 valence electrons. The number of fused-ring (bicyclic) bond motifs is 1. The molecule has 0 aliphatic heterocycles. The maximum absolute atomic E-state index is 13.2. The minimum absolute atomic E-state index is 0.0973. The monoisotopic (exact) mass is 487 g/mol. The minimum Gasteiger partial charge on any atom is -0.357 e. The third-order valence-electron chi connectivity index (χ3n) is 5.47. The van der Waals surface area contributed by atoms with Crippen molar-refractivity contribution in [3.63, 3.8) is 0 Å². The normalized spacial score (nSPS) is 12.5. The van der Waals surface area contributed by atoms with Gasteiger partial charge in [0.15, 0.2) is 0 Å². The van der Waals surface area contributed by atoms with Gasteiger partial charge in [0, 0.05) is 25.7 Å². The second-order valence-corrected chi connectivity index (χ2v) is 10.2. The highest BCUT2D eigenvalue weighted by Crippen LogP contribution is 2.22. The van der Waals surface area contributed by atoms with E-state index in [0.29, 0.717) is 5.02 Å². The van der Waals surface area contributed by atoms with Crippen molar-refractivity contribution < 1.29 is 18.0 Å². The van der Waals surface area contributed by atoms with Gasteiger partial charge in [-0.2, -0.15) is 4.31 Å². The van der Waals surface area contributed by atoms with Gasteiger partial charge in [-0.15, -0.1) is 0 Å². The van der Waals surface area contributed by atoms with E-state index in [-0.39, 0.29) is 17.3 Å². The third kappa shape index (κ3) is 5.71. The van der Waals surface area contributed by atoms with Crippen LogP contribution < -0.4 is 5.32 Å². The molecule has 0 aromatic heterocycles. The zero-order chi connectivity index (χ0) is 24.2. The molecule has 3 aromatic rings. The van der Waals surface area contributed by atoms with E-state index >= 15 is 0 Å². The van der Waals surface area contributed by atoms with Crippen LogP contribution in [0.4, 0.5) is 0 Å². The summed E-state index contributed by atoms with van der Waals surface area (Å²) >= 11 is 5.94. The molecule has 0 aliphatic carbocycles. The number of hydrogen-bond donors (Lipinski definition) is 1. The first-order valence-electron chi connectivity index (χ1n) is 10.3. The quantitative estimate of drug-likeness (QED) is 0.528. The van der Waals surface area contributed by atoms with Gasteiger partial charge in [0.25, 0.3) is 0 Å². The molecule has 0 heterocycles. The van der Waals surface area contributed by atoms with Crippen molar-refractivity contribution in [2.45, 2.75) is 24.4 Å². The molecule has 1 atom stereocenters. The van der Waals surface area contributed by atoms with Crippen molar-refractivity contribution in [1.29, 1.82) is 0 Å². The summed E-state index contributed by atoms with van der Waals surface area (Å²) < 4.78 is 27.3. The first kappa shape index (κ1) is 24.7. The maximum Gasteiger partial charge on any atom is 0.243 e.